The Labute approximate surface area is 113 Å². The zero-order valence-electron chi connectivity index (χ0n) is 12.3. The first kappa shape index (κ1) is 17.8. The van der Waals surface area contributed by atoms with Crippen molar-refractivity contribution in [3.8, 4) is 0 Å². The van der Waals surface area contributed by atoms with Gasteiger partial charge in [0, 0.05) is 26.2 Å². The smallest absolute Gasteiger partial charge is 0.0558 e. The zero-order valence-corrected chi connectivity index (χ0v) is 12.3. The maximum absolute atomic E-state index is 8.97. The quantitative estimate of drug-likeness (QED) is 0.522. The second-order valence-corrected chi connectivity index (χ2v) is 4.84. The van der Waals surface area contributed by atoms with Crippen molar-refractivity contribution in [3.05, 3.63) is 0 Å². The molecule has 0 bridgehead atoms. The van der Waals surface area contributed by atoms with Gasteiger partial charge in [-0.15, -0.1) is 0 Å². The van der Waals surface area contributed by atoms with Gasteiger partial charge in [-0.3, -0.25) is 4.90 Å². The van der Waals surface area contributed by atoms with Crippen LogP contribution in [0, 0.1) is 0 Å². The van der Waals surface area contributed by atoms with E-state index in [2.05, 4.69) is 23.6 Å². The van der Waals surface area contributed by atoms with Gasteiger partial charge in [0.05, 0.1) is 13.2 Å². The van der Waals surface area contributed by atoms with Crippen molar-refractivity contribution in [3.63, 3.8) is 0 Å². The number of unbranched alkanes of at least 4 members (excludes halogenated alkanes) is 2. The van der Waals surface area contributed by atoms with Crippen LogP contribution in [0.5, 0.6) is 0 Å². The number of rotatable bonds is 13. The Kier molecular flexibility index (Phi) is 13.2. The number of hydrogen-bond acceptors (Lipinski definition) is 4. The third kappa shape index (κ3) is 9.83. The lowest BCUT2D eigenvalue weighted by Crippen LogP contribution is -2.38. The highest BCUT2D eigenvalue weighted by atomic mass is 16.3. The summed E-state index contributed by atoms with van der Waals surface area (Å²) in [6, 6.07) is 0. The third-order valence-corrected chi connectivity index (χ3v) is 3.22. The summed E-state index contributed by atoms with van der Waals surface area (Å²) in [6.45, 7) is 10.4. The molecule has 0 unspecified atom stereocenters. The highest BCUT2D eigenvalue weighted by Crippen LogP contribution is 2.00. The summed E-state index contributed by atoms with van der Waals surface area (Å²) in [5, 5.41) is 17.9. The van der Waals surface area contributed by atoms with Crippen molar-refractivity contribution in [1.82, 2.24) is 9.80 Å². The van der Waals surface area contributed by atoms with Gasteiger partial charge in [-0.05, 0) is 25.9 Å². The van der Waals surface area contributed by atoms with E-state index in [1.807, 2.05) is 0 Å². The zero-order chi connectivity index (χ0) is 13.6. The molecule has 0 radical (unpaired) electrons. The van der Waals surface area contributed by atoms with Crippen molar-refractivity contribution < 1.29 is 10.2 Å². The Balaban J connectivity index is 3.94. The lowest BCUT2D eigenvalue weighted by atomic mass is 10.2. The molecular formula is C14H32N2O2. The minimum absolute atomic E-state index is 0.171. The summed E-state index contributed by atoms with van der Waals surface area (Å²) in [7, 11) is 0. The molecule has 4 nitrogen and oxygen atoms in total. The second-order valence-electron chi connectivity index (χ2n) is 4.84. The SMILES string of the molecule is CCCCN(CCCC)CCN(CCO)CCO. The lowest BCUT2D eigenvalue weighted by molar-refractivity contribution is 0.141. The number of nitrogens with zero attached hydrogens (tertiary/aromatic N) is 2. The molecule has 0 spiro atoms. The van der Waals surface area contributed by atoms with Crippen LogP contribution in [-0.4, -0.2) is 72.5 Å². The van der Waals surface area contributed by atoms with E-state index in [1.165, 1.54) is 38.8 Å². The molecule has 0 saturated carbocycles. The molecule has 0 aromatic heterocycles. The van der Waals surface area contributed by atoms with E-state index in [1.54, 1.807) is 0 Å². The normalized spacial score (nSPS) is 11.7. The Bertz CT molecular complexity index is 154. The fraction of sp³-hybridized carbons (Fsp3) is 1.00. The first-order chi connectivity index (χ1) is 8.78. The highest BCUT2D eigenvalue weighted by molar-refractivity contribution is 4.63. The highest BCUT2D eigenvalue weighted by Gasteiger charge is 2.08. The third-order valence-electron chi connectivity index (χ3n) is 3.22. The van der Waals surface area contributed by atoms with Gasteiger partial charge in [-0.25, -0.2) is 0 Å². The molecule has 0 aliphatic heterocycles. The van der Waals surface area contributed by atoms with Crippen molar-refractivity contribution in [2.75, 3.05) is 52.5 Å². The summed E-state index contributed by atoms with van der Waals surface area (Å²) in [5.41, 5.74) is 0. The van der Waals surface area contributed by atoms with Crippen LogP contribution in [0.15, 0.2) is 0 Å². The minimum atomic E-state index is 0.171. The topological polar surface area (TPSA) is 46.9 Å². The summed E-state index contributed by atoms with van der Waals surface area (Å²) < 4.78 is 0. The molecule has 0 rings (SSSR count). The molecule has 0 aromatic rings. The molecule has 0 fully saturated rings. The first-order valence-electron chi connectivity index (χ1n) is 7.44. The summed E-state index contributed by atoms with van der Waals surface area (Å²) >= 11 is 0. The predicted molar refractivity (Wildman–Crippen MR) is 76.9 cm³/mol. The fourth-order valence-electron chi connectivity index (χ4n) is 2.00. The van der Waals surface area contributed by atoms with E-state index >= 15 is 0 Å². The van der Waals surface area contributed by atoms with Gasteiger partial charge in [0.25, 0.3) is 0 Å². The fourth-order valence-corrected chi connectivity index (χ4v) is 2.00. The molecule has 0 saturated heterocycles. The van der Waals surface area contributed by atoms with E-state index < -0.39 is 0 Å². The van der Waals surface area contributed by atoms with E-state index in [0.717, 1.165) is 13.1 Å². The Morgan fingerprint density at radius 1 is 0.611 bits per heavy atom. The molecule has 4 heteroatoms. The predicted octanol–water partition coefficient (Wildman–Crippen LogP) is 1.18. The van der Waals surface area contributed by atoms with Crippen LogP contribution in [0.3, 0.4) is 0 Å². The summed E-state index contributed by atoms with van der Waals surface area (Å²) in [5.74, 6) is 0. The van der Waals surface area contributed by atoms with Crippen LogP contribution in [0.1, 0.15) is 39.5 Å². The lowest BCUT2D eigenvalue weighted by Gasteiger charge is -2.26. The maximum Gasteiger partial charge on any atom is 0.0558 e. The average molecular weight is 260 g/mol. The van der Waals surface area contributed by atoms with Gasteiger partial charge in [0.2, 0.25) is 0 Å². The Morgan fingerprint density at radius 2 is 1.00 bits per heavy atom. The first-order valence-corrected chi connectivity index (χ1v) is 7.44. The van der Waals surface area contributed by atoms with Crippen LogP contribution < -0.4 is 0 Å². The van der Waals surface area contributed by atoms with E-state index in [9.17, 15) is 0 Å². The molecule has 2 N–H and O–H groups in total. The van der Waals surface area contributed by atoms with Crippen molar-refractivity contribution in [2.45, 2.75) is 39.5 Å². The van der Waals surface area contributed by atoms with Gasteiger partial charge in [-0.1, -0.05) is 26.7 Å². The number of aliphatic hydroxyl groups excluding tert-OH is 2. The van der Waals surface area contributed by atoms with E-state index in [-0.39, 0.29) is 13.2 Å². The van der Waals surface area contributed by atoms with Gasteiger partial charge in [-0.2, -0.15) is 0 Å². The van der Waals surface area contributed by atoms with Crippen molar-refractivity contribution in [2.24, 2.45) is 0 Å². The van der Waals surface area contributed by atoms with Crippen LogP contribution in [0.25, 0.3) is 0 Å². The van der Waals surface area contributed by atoms with Crippen LogP contribution in [-0.2, 0) is 0 Å². The molecule has 110 valence electrons. The van der Waals surface area contributed by atoms with Gasteiger partial charge < -0.3 is 15.1 Å². The number of hydrogen-bond donors (Lipinski definition) is 2. The maximum atomic E-state index is 8.97. The van der Waals surface area contributed by atoms with Crippen LogP contribution in [0.4, 0.5) is 0 Å². The van der Waals surface area contributed by atoms with Gasteiger partial charge in [0.1, 0.15) is 0 Å². The van der Waals surface area contributed by atoms with E-state index in [0.29, 0.717) is 13.1 Å². The summed E-state index contributed by atoms with van der Waals surface area (Å²) in [6.07, 6.45) is 4.98. The second kappa shape index (κ2) is 13.3. The molecule has 0 aliphatic rings. The molecular weight excluding hydrogens is 228 g/mol. The molecule has 0 heterocycles. The average Bonchev–Trinajstić information content (AvgIpc) is 2.38. The van der Waals surface area contributed by atoms with Crippen molar-refractivity contribution >= 4 is 0 Å². The minimum Gasteiger partial charge on any atom is -0.395 e. The number of aliphatic hydroxyl groups is 2. The molecule has 0 amide bonds. The molecule has 0 aliphatic carbocycles. The van der Waals surface area contributed by atoms with Gasteiger partial charge in [0.15, 0.2) is 0 Å². The monoisotopic (exact) mass is 260 g/mol. The Hall–Kier alpha value is -0.160. The standard InChI is InChI=1S/C14H32N2O2/c1-3-5-7-15(8-6-4-2)9-10-16(11-13-17)12-14-18/h17-18H,3-14H2,1-2H3. The summed E-state index contributed by atoms with van der Waals surface area (Å²) in [4.78, 5) is 4.64. The molecule has 0 atom stereocenters. The van der Waals surface area contributed by atoms with Crippen molar-refractivity contribution in [1.29, 1.82) is 0 Å². The Morgan fingerprint density at radius 3 is 1.33 bits per heavy atom. The molecule has 18 heavy (non-hydrogen) atoms. The molecule has 0 aromatic carbocycles. The van der Waals surface area contributed by atoms with Gasteiger partial charge >= 0.3 is 0 Å². The van der Waals surface area contributed by atoms with Crippen LogP contribution in [0.2, 0.25) is 0 Å². The van der Waals surface area contributed by atoms with E-state index in [4.69, 9.17) is 10.2 Å². The largest absolute Gasteiger partial charge is 0.395 e. The van der Waals surface area contributed by atoms with Crippen LogP contribution >= 0.6 is 0 Å².